The molecule has 4 nitrogen and oxygen atoms in total. The average Bonchev–Trinajstić information content (AvgIpc) is 2.90. The Labute approximate surface area is 111 Å². The van der Waals surface area contributed by atoms with Crippen LogP contribution in [0.2, 0.25) is 0 Å². The maximum absolute atomic E-state index is 4.49. The van der Waals surface area contributed by atoms with Crippen LogP contribution >= 0.6 is 11.3 Å². The number of pyridine rings is 1. The van der Waals surface area contributed by atoms with Gasteiger partial charge in [0, 0.05) is 31.1 Å². The second-order valence-corrected chi connectivity index (χ2v) is 4.92. The summed E-state index contributed by atoms with van der Waals surface area (Å²) in [5.74, 6) is 1.84. The molecule has 0 aromatic carbocycles. The first-order chi connectivity index (χ1) is 8.88. The smallest absolute Gasteiger partial charge is 0.128 e. The van der Waals surface area contributed by atoms with Crippen molar-refractivity contribution in [1.29, 1.82) is 0 Å². The number of thiazole rings is 1. The molecule has 18 heavy (non-hydrogen) atoms. The van der Waals surface area contributed by atoms with Gasteiger partial charge >= 0.3 is 0 Å². The van der Waals surface area contributed by atoms with E-state index in [4.69, 9.17) is 0 Å². The zero-order chi connectivity index (χ0) is 12.6. The molecule has 2 rings (SSSR count). The summed E-state index contributed by atoms with van der Waals surface area (Å²) in [5.41, 5.74) is 0. The SMILES string of the molecule is CCCNc1cccc(NCCc2nccs2)n1. The highest BCUT2D eigenvalue weighted by atomic mass is 32.1. The first-order valence-electron chi connectivity index (χ1n) is 6.21. The van der Waals surface area contributed by atoms with Crippen LogP contribution in [0, 0.1) is 0 Å². The molecule has 2 heterocycles. The number of nitrogens with one attached hydrogen (secondary N) is 2. The van der Waals surface area contributed by atoms with Gasteiger partial charge in [-0.25, -0.2) is 9.97 Å². The van der Waals surface area contributed by atoms with Crippen molar-refractivity contribution in [3.8, 4) is 0 Å². The van der Waals surface area contributed by atoms with E-state index in [1.165, 1.54) is 0 Å². The molecule has 2 aromatic rings. The highest BCUT2D eigenvalue weighted by Gasteiger charge is 1.98. The molecular formula is C13H18N4S. The van der Waals surface area contributed by atoms with E-state index in [-0.39, 0.29) is 0 Å². The van der Waals surface area contributed by atoms with Gasteiger partial charge in [0.2, 0.25) is 0 Å². The Morgan fingerprint density at radius 1 is 1.17 bits per heavy atom. The second kappa shape index (κ2) is 6.96. The van der Waals surface area contributed by atoms with Gasteiger partial charge in [-0.1, -0.05) is 13.0 Å². The number of hydrogen-bond donors (Lipinski definition) is 2. The summed E-state index contributed by atoms with van der Waals surface area (Å²) < 4.78 is 0. The molecule has 0 aliphatic heterocycles. The average molecular weight is 262 g/mol. The minimum absolute atomic E-state index is 0.859. The molecule has 0 aliphatic rings. The Hall–Kier alpha value is -1.62. The van der Waals surface area contributed by atoms with Crippen LogP contribution in [0.5, 0.6) is 0 Å². The van der Waals surface area contributed by atoms with Crippen LogP contribution in [0.15, 0.2) is 29.8 Å². The van der Waals surface area contributed by atoms with E-state index in [9.17, 15) is 0 Å². The molecule has 0 amide bonds. The van der Waals surface area contributed by atoms with E-state index < -0.39 is 0 Å². The third-order valence-electron chi connectivity index (χ3n) is 2.43. The number of rotatable bonds is 7. The highest BCUT2D eigenvalue weighted by molar-refractivity contribution is 7.09. The molecule has 0 saturated carbocycles. The predicted molar refractivity (Wildman–Crippen MR) is 77.3 cm³/mol. The van der Waals surface area contributed by atoms with Gasteiger partial charge in [-0.3, -0.25) is 0 Å². The fourth-order valence-electron chi connectivity index (χ4n) is 1.56. The van der Waals surface area contributed by atoms with Crippen LogP contribution in [0.3, 0.4) is 0 Å². The Morgan fingerprint density at radius 3 is 2.61 bits per heavy atom. The number of hydrogen-bond acceptors (Lipinski definition) is 5. The van der Waals surface area contributed by atoms with E-state index in [2.05, 4.69) is 27.5 Å². The van der Waals surface area contributed by atoms with Gasteiger partial charge in [-0.15, -0.1) is 11.3 Å². The maximum atomic E-state index is 4.49. The van der Waals surface area contributed by atoms with Crippen LogP contribution in [-0.2, 0) is 6.42 Å². The molecule has 2 N–H and O–H groups in total. The quantitative estimate of drug-likeness (QED) is 0.805. The molecule has 0 atom stereocenters. The Kier molecular flexibility index (Phi) is 4.96. The molecule has 0 unspecified atom stereocenters. The Balaban J connectivity index is 1.81. The fraction of sp³-hybridized carbons (Fsp3) is 0.385. The summed E-state index contributed by atoms with van der Waals surface area (Å²) in [5, 5.41) is 9.75. The van der Waals surface area contributed by atoms with Gasteiger partial charge in [0.15, 0.2) is 0 Å². The Bertz CT molecular complexity index is 456. The van der Waals surface area contributed by atoms with E-state index >= 15 is 0 Å². The van der Waals surface area contributed by atoms with Crippen LogP contribution in [0.4, 0.5) is 11.6 Å². The second-order valence-electron chi connectivity index (χ2n) is 3.94. The highest BCUT2D eigenvalue weighted by Crippen LogP contribution is 2.10. The summed E-state index contributed by atoms with van der Waals surface area (Å²) in [6.07, 6.45) is 3.88. The van der Waals surface area contributed by atoms with E-state index in [0.717, 1.165) is 42.6 Å². The summed E-state index contributed by atoms with van der Waals surface area (Å²) in [6.45, 7) is 3.95. The van der Waals surface area contributed by atoms with Crippen molar-refractivity contribution in [2.75, 3.05) is 23.7 Å². The molecule has 0 spiro atoms. The van der Waals surface area contributed by atoms with Gasteiger partial charge in [0.25, 0.3) is 0 Å². The van der Waals surface area contributed by atoms with Gasteiger partial charge in [-0.05, 0) is 18.6 Å². The number of anilines is 2. The van der Waals surface area contributed by atoms with E-state index in [1.54, 1.807) is 11.3 Å². The predicted octanol–water partition coefficient (Wildman–Crippen LogP) is 3.01. The van der Waals surface area contributed by atoms with Crippen LogP contribution in [0.25, 0.3) is 0 Å². The Morgan fingerprint density at radius 2 is 1.94 bits per heavy atom. The van der Waals surface area contributed by atoms with Gasteiger partial charge < -0.3 is 10.6 Å². The number of aromatic nitrogens is 2. The molecule has 0 bridgehead atoms. The van der Waals surface area contributed by atoms with Crippen molar-refractivity contribution in [3.05, 3.63) is 34.8 Å². The van der Waals surface area contributed by atoms with Gasteiger partial charge in [-0.2, -0.15) is 0 Å². The zero-order valence-corrected chi connectivity index (χ0v) is 11.3. The standard InChI is InChI=1S/C13H18N4S/c1-2-7-14-11-4-3-5-12(17-11)15-8-6-13-16-9-10-18-13/h3-5,9-10H,2,6-8H2,1H3,(H2,14,15,17). The first-order valence-corrected chi connectivity index (χ1v) is 7.09. The van der Waals surface area contributed by atoms with Crippen molar-refractivity contribution >= 4 is 23.0 Å². The molecule has 0 saturated heterocycles. The fourth-order valence-corrected chi connectivity index (χ4v) is 2.18. The van der Waals surface area contributed by atoms with Crippen LogP contribution < -0.4 is 10.6 Å². The summed E-state index contributed by atoms with van der Waals surface area (Å²) in [7, 11) is 0. The summed E-state index contributed by atoms with van der Waals surface area (Å²) in [6, 6.07) is 5.98. The summed E-state index contributed by atoms with van der Waals surface area (Å²) in [4.78, 5) is 8.74. The topological polar surface area (TPSA) is 49.8 Å². The van der Waals surface area contributed by atoms with E-state index in [1.807, 2.05) is 29.8 Å². The van der Waals surface area contributed by atoms with Crippen LogP contribution in [-0.4, -0.2) is 23.1 Å². The molecule has 0 aliphatic carbocycles. The third kappa shape index (κ3) is 4.00. The monoisotopic (exact) mass is 262 g/mol. The lowest BCUT2D eigenvalue weighted by atomic mass is 10.4. The molecule has 96 valence electrons. The lowest BCUT2D eigenvalue weighted by molar-refractivity contribution is 0.962. The molecule has 0 radical (unpaired) electrons. The molecule has 2 aromatic heterocycles. The van der Waals surface area contributed by atoms with Crippen molar-refractivity contribution < 1.29 is 0 Å². The zero-order valence-electron chi connectivity index (χ0n) is 10.5. The van der Waals surface area contributed by atoms with Crippen molar-refractivity contribution in [1.82, 2.24) is 9.97 Å². The first kappa shape index (κ1) is 12.8. The van der Waals surface area contributed by atoms with Gasteiger partial charge in [0.05, 0.1) is 5.01 Å². The third-order valence-corrected chi connectivity index (χ3v) is 3.27. The molecule has 0 fully saturated rings. The van der Waals surface area contributed by atoms with Crippen molar-refractivity contribution in [2.24, 2.45) is 0 Å². The molecular weight excluding hydrogens is 244 g/mol. The van der Waals surface area contributed by atoms with Crippen molar-refractivity contribution in [2.45, 2.75) is 19.8 Å². The lowest BCUT2D eigenvalue weighted by Gasteiger charge is -2.07. The van der Waals surface area contributed by atoms with Crippen LogP contribution in [0.1, 0.15) is 18.4 Å². The minimum Gasteiger partial charge on any atom is -0.370 e. The largest absolute Gasteiger partial charge is 0.370 e. The minimum atomic E-state index is 0.859. The van der Waals surface area contributed by atoms with E-state index in [0.29, 0.717) is 0 Å². The normalized spacial score (nSPS) is 10.3. The number of nitrogens with zero attached hydrogens (tertiary/aromatic N) is 2. The molecule has 5 heteroatoms. The van der Waals surface area contributed by atoms with Gasteiger partial charge in [0.1, 0.15) is 11.6 Å². The lowest BCUT2D eigenvalue weighted by Crippen LogP contribution is -2.08. The maximum Gasteiger partial charge on any atom is 0.128 e. The summed E-state index contributed by atoms with van der Waals surface area (Å²) >= 11 is 1.69. The van der Waals surface area contributed by atoms with Crippen molar-refractivity contribution in [3.63, 3.8) is 0 Å².